The van der Waals surface area contributed by atoms with Crippen LogP contribution in [0, 0.1) is 0 Å². The molecule has 0 unspecified atom stereocenters. The van der Waals surface area contributed by atoms with Gasteiger partial charge in [-0.05, 0) is 6.07 Å². The molecule has 0 saturated carbocycles. The number of rotatable bonds is 3. The van der Waals surface area contributed by atoms with Gasteiger partial charge in [0.2, 0.25) is 5.91 Å². The zero-order chi connectivity index (χ0) is 13.2. The van der Waals surface area contributed by atoms with E-state index in [9.17, 15) is 4.79 Å². The first-order valence-electron chi connectivity index (χ1n) is 5.79. The molecule has 96 valence electrons. The third-order valence-electron chi connectivity index (χ3n) is 2.56. The van der Waals surface area contributed by atoms with Crippen LogP contribution >= 0.6 is 0 Å². The minimum Gasteiger partial charge on any atom is -0.309 e. The monoisotopic (exact) mass is 247 g/mol. The molecule has 0 bridgehead atoms. The molecular weight excluding hydrogens is 230 g/mol. The van der Waals surface area contributed by atoms with Crippen molar-refractivity contribution in [2.24, 2.45) is 0 Å². The SMILES string of the molecule is CC(C)(C)c1cc(NC(=O)Cc2ccn[nH]2)n[nH]1. The van der Waals surface area contributed by atoms with Crippen LogP contribution < -0.4 is 5.32 Å². The van der Waals surface area contributed by atoms with Crippen molar-refractivity contribution in [3.8, 4) is 0 Å². The molecule has 2 aromatic heterocycles. The molecule has 2 heterocycles. The number of carbonyl (C=O) groups excluding carboxylic acids is 1. The summed E-state index contributed by atoms with van der Waals surface area (Å²) in [6, 6.07) is 3.62. The lowest BCUT2D eigenvalue weighted by molar-refractivity contribution is -0.115. The van der Waals surface area contributed by atoms with Gasteiger partial charge in [-0.1, -0.05) is 20.8 Å². The fourth-order valence-electron chi connectivity index (χ4n) is 1.51. The molecule has 3 N–H and O–H groups in total. The number of anilines is 1. The van der Waals surface area contributed by atoms with Crippen LogP contribution in [-0.2, 0) is 16.6 Å². The summed E-state index contributed by atoms with van der Waals surface area (Å²) < 4.78 is 0. The van der Waals surface area contributed by atoms with Crippen LogP contribution in [0.5, 0.6) is 0 Å². The highest BCUT2D eigenvalue weighted by atomic mass is 16.1. The van der Waals surface area contributed by atoms with Gasteiger partial charge >= 0.3 is 0 Å². The summed E-state index contributed by atoms with van der Waals surface area (Å²) in [5.74, 6) is 0.427. The highest BCUT2D eigenvalue weighted by molar-refractivity contribution is 5.91. The van der Waals surface area contributed by atoms with E-state index in [0.29, 0.717) is 5.82 Å². The molecule has 0 aliphatic rings. The van der Waals surface area contributed by atoms with Crippen LogP contribution in [0.15, 0.2) is 18.3 Å². The standard InChI is InChI=1S/C12H17N5O/c1-12(2,3)9-7-10(17-16-9)14-11(18)6-8-4-5-13-15-8/h4-5,7H,6H2,1-3H3,(H,13,15)(H2,14,16,17,18). The summed E-state index contributed by atoms with van der Waals surface area (Å²) in [5.41, 5.74) is 1.75. The summed E-state index contributed by atoms with van der Waals surface area (Å²) in [4.78, 5) is 11.7. The van der Waals surface area contributed by atoms with E-state index in [1.807, 2.05) is 6.07 Å². The van der Waals surface area contributed by atoms with Crippen molar-refractivity contribution in [1.82, 2.24) is 20.4 Å². The molecule has 0 radical (unpaired) electrons. The third-order valence-corrected chi connectivity index (χ3v) is 2.56. The largest absolute Gasteiger partial charge is 0.309 e. The molecule has 0 fully saturated rings. The quantitative estimate of drug-likeness (QED) is 0.770. The minimum atomic E-state index is -0.119. The molecule has 1 amide bonds. The minimum absolute atomic E-state index is 0.0145. The van der Waals surface area contributed by atoms with Crippen LogP contribution in [0.1, 0.15) is 32.2 Å². The number of nitrogens with zero attached hydrogens (tertiary/aromatic N) is 2. The molecule has 2 aromatic rings. The Morgan fingerprint density at radius 1 is 1.39 bits per heavy atom. The molecule has 0 aromatic carbocycles. The Morgan fingerprint density at radius 3 is 2.72 bits per heavy atom. The Labute approximate surface area is 105 Å². The molecule has 0 atom stereocenters. The van der Waals surface area contributed by atoms with E-state index in [4.69, 9.17) is 0 Å². The second-order valence-electron chi connectivity index (χ2n) is 5.22. The fraction of sp³-hybridized carbons (Fsp3) is 0.417. The Hall–Kier alpha value is -2.11. The number of carbonyl (C=O) groups is 1. The van der Waals surface area contributed by atoms with E-state index < -0.39 is 0 Å². The Balaban J connectivity index is 1.97. The molecule has 0 spiro atoms. The Bertz CT molecular complexity index is 521. The van der Waals surface area contributed by atoms with Gasteiger partial charge in [0, 0.05) is 29.1 Å². The first-order chi connectivity index (χ1) is 8.45. The van der Waals surface area contributed by atoms with Gasteiger partial charge in [0.05, 0.1) is 6.42 Å². The van der Waals surface area contributed by atoms with Crippen LogP contribution in [0.4, 0.5) is 5.82 Å². The summed E-state index contributed by atoms with van der Waals surface area (Å²) in [7, 11) is 0. The maximum Gasteiger partial charge on any atom is 0.231 e. The van der Waals surface area contributed by atoms with Crippen molar-refractivity contribution in [1.29, 1.82) is 0 Å². The van der Waals surface area contributed by atoms with Crippen molar-refractivity contribution in [3.05, 3.63) is 29.7 Å². The van der Waals surface area contributed by atoms with Crippen LogP contribution in [-0.4, -0.2) is 26.3 Å². The van der Waals surface area contributed by atoms with E-state index in [2.05, 4.69) is 46.5 Å². The number of amides is 1. The molecule has 0 aliphatic carbocycles. The average Bonchev–Trinajstić information content (AvgIpc) is 2.87. The van der Waals surface area contributed by atoms with Gasteiger partial charge in [0.1, 0.15) is 0 Å². The number of hydrogen-bond donors (Lipinski definition) is 3. The first-order valence-corrected chi connectivity index (χ1v) is 5.79. The zero-order valence-corrected chi connectivity index (χ0v) is 10.7. The van der Waals surface area contributed by atoms with Crippen molar-refractivity contribution in [3.63, 3.8) is 0 Å². The molecule has 18 heavy (non-hydrogen) atoms. The summed E-state index contributed by atoms with van der Waals surface area (Å²) in [6.07, 6.45) is 1.88. The molecule has 0 aliphatic heterocycles. The number of H-pyrrole nitrogens is 2. The molecule has 2 rings (SSSR count). The lowest BCUT2D eigenvalue weighted by Crippen LogP contribution is -2.15. The van der Waals surface area contributed by atoms with Gasteiger partial charge < -0.3 is 5.32 Å². The Kier molecular flexibility index (Phi) is 3.18. The van der Waals surface area contributed by atoms with Crippen molar-refractivity contribution >= 4 is 11.7 Å². The molecule has 6 nitrogen and oxygen atoms in total. The van der Waals surface area contributed by atoms with E-state index in [1.165, 1.54) is 0 Å². The fourth-order valence-corrected chi connectivity index (χ4v) is 1.51. The lowest BCUT2D eigenvalue weighted by atomic mass is 9.92. The zero-order valence-electron chi connectivity index (χ0n) is 10.7. The maximum atomic E-state index is 11.7. The summed E-state index contributed by atoms with van der Waals surface area (Å²) in [6.45, 7) is 6.24. The van der Waals surface area contributed by atoms with Crippen molar-refractivity contribution in [2.45, 2.75) is 32.6 Å². The highest BCUT2D eigenvalue weighted by Gasteiger charge is 2.17. The van der Waals surface area contributed by atoms with Gasteiger partial charge in [0.25, 0.3) is 0 Å². The van der Waals surface area contributed by atoms with Gasteiger partial charge in [-0.15, -0.1) is 0 Å². The second-order valence-corrected chi connectivity index (χ2v) is 5.22. The van der Waals surface area contributed by atoms with Crippen molar-refractivity contribution in [2.75, 3.05) is 5.32 Å². The number of aromatic nitrogens is 4. The van der Waals surface area contributed by atoms with Gasteiger partial charge in [-0.2, -0.15) is 10.2 Å². The predicted molar refractivity (Wildman–Crippen MR) is 68.2 cm³/mol. The number of nitrogens with one attached hydrogen (secondary N) is 3. The van der Waals surface area contributed by atoms with Crippen LogP contribution in [0.25, 0.3) is 0 Å². The third kappa shape index (κ3) is 2.97. The maximum absolute atomic E-state index is 11.7. The summed E-state index contributed by atoms with van der Waals surface area (Å²) in [5, 5.41) is 16.3. The van der Waals surface area contributed by atoms with Crippen LogP contribution in [0.3, 0.4) is 0 Å². The normalized spacial score (nSPS) is 11.5. The molecular formula is C12H17N5O. The van der Waals surface area contributed by atoms with E-state index in [1.54, 1.807) is 12.3 Å². The molecule has 6 heteroatoms. The molecule has 0 saturated heterocycles. The highest BCUT2D eigenvalue weighted by Crippen LogP contribution is 2.21. The predicted octanol–water partition coefficient (Wildman–Crippen LogP) is 1.61. The van der Waals surface area contributed by atoms with Gasteiger partial charge in [-0.25, -0.2) is 0 Å². The second kappa shape index (κ2) is 4.64. The lowest BCUT2D eigenvalue weighted by Gasteiger charge is -2.14. The van der Waals surface area contributed by atoms with E-state index in [-0.39, 0.29) is 17.7 Å². The van der Waals surface area contributed by atoms with Gasteiger partial charge in [0.15, 0.2) is 5.82 Å². The number of aromatic amines is 2. The van der Waals surface area contributed by atoms with Crippen molar-refractivity contribution < 1.29 is 4.79 Å². The van der Waals surface area contributed by atoms with Gasteiger partial charge in [-0.3, -0.25) is 15.0 Å². The first kappa shape index (κ1) is 12.3. The topological polar surface area (TPSA) is 86.5 Å². The average molecular weight is 247 g/mol. The van der Waals surface area contributed by atoms with Crippen LogP contribution in [0.2, 0.25) is 0 Å². The van der Waals surface area contributed by atoms with E-state index >= 15 is 0 Å². The Morgan fingerprint density at radius 2 is 2.17 bits per heavy atom. The summed E-state index contributed by atoms with van der Waals surface area (Å²) >= 11 is 0. The van der Waals surface area contributed by atoms with E-state index in [0.717, 1.165) is 11.4 Å². The smallest absolute Gasteiger partial charge is 0.231 e. The number of hydrogen-bond acceptors (Lipinski definition) is 3.